The topological polar surface area (TPSA) is 75.4 Å². The van der Waals surface area contributed by atoms with Crippen LogP contribution in [0.25, 0.3) is 33.3 Å². The van der Waals surface area contributed by atoms with Crippen molar-refractivity contribution in [3.8, 4) is 17.2 Å². The summed E-state index contributed by atoms with van der Waals surface area (Å²) in [6.07, 6.45) is 0. The van der Waals surface area contributed by atoms with Crippen LogP contribution in [0, 0.1) is 0 Å². The molecule has 0 unspecified atom stereocenters. The fourth-order valence-electron chi connectivity index (χ4n) is 2.81. The Hall–Kier alpha value is -2.79. The second kappa shape index (κ2) is 5.39. The van der Waals surface area contributed by atoms with E-state index in [1.807, 2.05) is 25.1 Å². The van der Waals surface area contributed by atoms with Crippen molar-refractivity contribution in [2.24, 2.45) is 0 Å². The minimum Gasteiger partial charge on any atom is -0.508 e. The molecule has 1 aliphatic carbocycles. The minimum atomic E-state index is -0.341. The highest BCUT2D eigenvalue weighted by molar-refractivity contribution is 6.34. The predicted molar refractivity (Wildman–Crippen MR) is 95.2 cm³/mol. The smallest absolute Gasteiger partial charge is 0.208 e. The molecule has 4 rings (SSSR count). The second-order valence-corrected chi connectivity index (χ2v) is 5.86. The molecule has 2 aliphatic rings. The van der Waals surface area contributed by atoms with Gasteiger partial charge < -0.3 is 14.8 Å². The summed E-state index contributed by atoms with van der Waals surface area (Å²) in [6.45, 7) is 2.78. The van der Waals surface area contributed by atoms with Crippen molar-refractivity contribution in [2.75, 3.05) is 11.9 Å². The highest BCUT2D eigenvalue weighted by Crippen LogP contribution is 2.36. The van der Waals surface area contributed by atoms with Crippen LogP contribution in [0.2, 0.25) is 5.02 Å². The Labute approximate surface area is 141 Å². The molecule has 0 amide bonds. The van der Waals surface area contributed by atoms with Crippen molar-refractivity contribution in [3.05, 3.63) is 51.6 Å². The van der Waals surface area contributed by atoms with Crippen LogP contribution in [0.5, 0.6) is 5.75 Å². The van der Waals surface area contributed by atoms with Crippen LogP contribution in [0.15, 0.2) is 45.6 Å². The molecule has 2 aromatic carbocycles. The maximum Gasteiger partial charge on any atom is 0.208 e. The first kappa shape index (κ1) is 14.8. The van der Waals surface area contributed by atoms with Gasteiger partial charge in [-0.25, -0.2) is 4.98 Å². The van der Waals surface area contributed by atoms with E-state index in [-0.39, 0.29) is 22.0 Å². The Kier molecular flexibility index (Phi) is 3.32. The van der Waals surface area contributed by atoms with Crippen molar-refractivity contribution in [3.63, 3.8) is 0 Å². The summed E-state index contributed by atoms with van der Waals surface area (Å²) >= 11 is 6.22. The van der Waals surface area contributed by atoms with Gasteiger partial charge in [0.05, 0.1) is 0 Å². The van der Waals surface area contributed by atoms with Crippen LogP contribution in [0.4, 0.5) is 5.69 Å². The second-order valence-electron chi connectivity index (χ2n) is 5.48. The lowest BCUT2D eigenvalue weighted by Crippen LogP contribution is -2.07. The average molecular weight is 341 g/mol. The molecule has 0 saturated carbocycles. The molecule has 6 heteroatoms. The molecule has 1 heterocycles. The number of anilines is 1. The van der Waals surface area contributed by atoms with Crippen molar-refractivity contribution >= 4 is 39.2 Å². The summed E-state index contributed by atoms with van der Waals surface area (Å²) in [7, 11) is 0. The first-order valence-electron chi connectivity index (χ1n) is 7.51. The Morgan fingerprint density at radius 3 is 2.83 bits per heavy atom. The molecule has 0 saturated heterocycles. The molecular formula is C18H13ClN2O3. The van der Waals surface area contributed by atoms with E-state index in [0.717, 1.165) is 12.2 Å². The number of rotatable bonds is 2. The molecule has 0 atom stereocenters. The van der Waals surface area contributed by atoms with E-state index in [4.69, 9.17) is 16.0 Å². The van der Waals surface area contributed by atoms with E-state index >= 15 is 0 Å². The van der Waals surface area contributed by atoms with Gasteiger partial charge in [-0.2, -0.15) is 0 Å². The average Bonchev–Trinajstić information content (AvgIpc) is 2.58. The maximum absolute atomic E-state index is 12.4. The number of hydrogen-bond acceptors (Lipinski definition) is 5. The van der Waals surface area contributed by atoms with Gasteiger partial charge in [0.2, 0.25) is 5.43 Å². The first-order valence-corrected chi connectivity index (χ1v) is 7.89. The van der Waals surface area contributed by atoms with Gasteiger partial charge in [0, 0.05) is 29.1 Å². The number of hydrogen-bond donors (Lipinski definition) is 2. The fraction of sp³-hybridized carbons (Fsp3) is 0.111. The summed E-state index contributed by atoms with van der Waals surface area (Å²) in [5.41, 5.74) is 2.18. The van der Waals surface area contributed by atoms with Gasteiger partial charge in [0.25, 0.3) is 0 Å². The van der Waals surface area contributed by atoms with E-state index < -0.39 is 0 Å². The number of fused-ring (bicyclic) bond motifs is 4. The third kappa shape index (κ3) is 2.17. The van der Waals surface area contributed by atoms with Crippen LogP contribution in [0.3, 0.4) is 0 Å². The van der Waals surface area contributed by atoms with Gasteiger partial charge in [-0.15, -0.1) is 0 Å². The van der Waals surface area contributed by atoms with Gasteiger partial charge in [-0.1, -0.05) is 11.6 Å². The van der Waals surface area contributed by atoms with E-state index in [2.05, 4.69) is 10.3 Å². The molecule has 2 N–H and O–H groups in total. The third-order valence-corrected chi connectivity index (χ3v) is 4.24. The molecule has 1 aliphatic heterocycles. The van der Waals surface area contributed by atoms with Gasteiger partial charge in [0.15, 0.2) is 11.3 Å². The van der Waals surface area contributed by atoms with E-state index in [9.17, 15) is 9.90 Å². The number of aromatic nitrogens is 1. The molecule has 24 heavy (non-hydrogen) atoms. The lowest BCUT2D eigenvalue weighted by Gasteiger charge is -2.12. The van der Waals surface area contributed by atoms with Crippen molar-refractivity contribution < 1.29 is 9.52 Å². The summed E-state index contributed by atoms with van der Waals surface area (Å²) in [4.78, 5) is 17.0. The Balaban J connectivity index is 2.15. The zero-order chi connectivity index (χ0) is 16.8. The highest BCUT2D eigenvalue weighted by Gasteiger charge is 2.21. The normalized spacial score (nSPS) is 11.4. The fourth-order valence-corrected chi connectivity index (χ4v) is 3.04. The molecule has 0 spiro atoms. The van der Waals surface area contributed by atoms with E-state index in [0.29, 0.717) is 27.6 Å². The maximum atomic E-state index is 12.4. The number of benzene rings is 3. The Morgan fingerprint density at radius 1 is 1.21 bits per heavy atom. The summed E-state index contributed by atoms with van der Waals surface area (Å²) < 4.78 is 5.88. The lowest BCUT2D eigenvalue weighted by molar-refractivity contribution is 0.476. The van der Waals surface area contributed by atoms with Crippen LogP contribution < -0.4 is 10.7 Å². The van der Waals surface area contributed by atoms with Crippen LogP contribution in [0.1, 0.15) is 6.92 Å². The third-order valence-electron chi connectivity index (χ3n) is 3.90. The Bertz CT molecular complexity index is 1120. The number of phenolic OH excluding ortho intramolecular Hbond substituents is 1. The van der Waals surface area contributed by atoms with Crippen molar-refractivity contribution in [1.82, 2.24) is 4.98 Å². The number of nitrogens with one attached hydrogen (secondary N) is 1. The standard InChI is InChI=1S/C18H13ClN2O3/c1-2-20-9-3-6-13-14(7-9)24-18-15(19)17(23)11-5-4-10(22)8-12(11)16(18)21-13/h3-8,20,22H,2H2,1H3. The molecular weight excluding hydrogens is 328 g/mol. The van der Waals surface area contributed by atoms with Crippen LogP contribution >= 0.6 is 11.6 Å². The largest absolute Gasteiger partial charge is 0.508 e. The predicted octanol–water partition coefficient (Wildman–Crippen LogP) is 4.24. The van der Waals surface area contributed by atoms with Crippen molar-refractivity contribution in [2.45, 2.75) is 6.92 Å². The van der Waals surface area contributed by atoms with E-state index in [1.165, 1.54) is 12.1 Å². The number of nitrogens with zero attached hydrogens (tertiary/aromatic N) is 1. The minimum absolute atomic E-state index is 0.00792. The lowest BCUT2D eigenvalue weighted by atomic mass is 10.0. The summed E-state index contributed by atoms with van der Waals surface area (Å²) in [5.74, 6) is 0.274. The van der Waals surface area contributed by atoms with E-state index in [1.54, 1.807) is 6.07 Å². The molecule has 0 aromatic heterocycles. The molecule has 0 bridgehead atoms. The van der Waals surface area contributed by atoms with Gasteiger partial charge in [-0.05, 0) is 37.3 Å². The van der Waals surface area contributed by atoms with Crippen molar-refractivity contribution in [1.29, 1.82) is 0 Å². The van der Waals surface area contributed by atoms with Gasteiger partial charge in [0.1, 0.15) is 22.0 Å². The van der Waals surface area contributed by atoms with Gasteiger partial charge >= 0.3 is 0 Å². The Morgan fingerprint density at radius 2 is 2.04 bits per heavy atom. The monoisotopic (exact) mass is 340 g/mol. The molecule has 5 nitrogen and oxygen atoms in total. The number of phenols is 1. The summed E-state index contributed by atoms with van der Waals surface area (Å²) in [5, 5.41) is 13.9. The number of halogens is 1. The molecule has 0 radical (unpaired) electrons. The highest BCUT2D eigenvalue weighted by atomic mass is 35.5. The first-order chi connectivity index (χ1) is 11.6. The molecule has 120 valence electrons. The summed E-state index contributed by atoms with van der Waals surface area (Å²) in [6, 6.07) is 10.0. The number of aromatic hydroxyl groups is 1. The zero-order valence-electron chi connectivity index (χ0n) is 12.8. The van der Waals surface area contributed by atoms with Gasteiger partial charge in [-0.3, -0.25) is 4.79 Å². The molecule has 2 aromatic rings. The quantitative estimate of drug-likeness (QED) is 0.422. The molecule has 0 fully saturated rings. The van der Waals surface area contributed by atoms with Crippen LogP contribution in [-0.2, 0) is 0 Å². The zero-order valence-corrected chi connectivity index (χ0v) is 13.5. The SMILES string of the molecule is CCNc1ccc2nc3c4cc(O)ccc4c(=O)c(Cl)c-3oc2c1. The van der Waals surface area contributed by atoms with Crippen LogP contribution in [-0.4, -0.2) is 16.6 Å².